The summed E-state index contributed by atoms with van der Waals surface area (Å²) in [7, 11) is 1.66. The average Bonchev–Trinajstić information content (AvgIpc) is 3.59. The van der Waals surface area contributed by atoms with E-state index in [1.165, 1.54) is 0 Å². The van der Waals surface area contributed by atoms with Crippen molar-refractivity contribution in [2.75, 3.05) is 20.4 Å². The summed E-state index contributed by atoms with van der Waals surface area (Å²) < 4.78 is 16.1. The van der Waals surface area contributed by atoms with Crippen molar-refractivity contribution in [2.24, 2.45) is 0 Å². The number of carbonyl (C=O) groups is 1. The second kappa shape index (κ2) is 7.51. The molecule has 7 nitrogen and oxygen atoms in total. The van der Waals surface area contributed by atoms with Crippen LogP contribution in [0.3, 0.4) is 0 Å². The molecular formula is C25H23N3O4. The number of hydrogen-bond donors (Lipinski definition) is 0. The Morgan fingerprint density at radius 1 is 1.06 bits per heavy atom. The summed E-state index contributed by atoms with van der Waals surface area (Å²) >= 11 is 0. The van der Waals surface area contributed by atoms with Gasteiger partial charge in [-0.05, 0) is 55.3 Å². The molecular weight excluding hydrogens is 406 g/mol. The maximum absolute atomic E-state index is 13.3. The number of methoxy groups -OCH3 is 1. The highest BCUT2D eigenvalue weighted by molar-refractivity contribution is 5.95. The lowest BCUT2D eigenvalue weighted by Gasteiger charge is -2.30. The minimum absolute atomic E-state index is 0.0269. The van der Waals surface area contributed by atoms with Crippen LogP contribution in [-0.2, 0) is 13.0 Å². The van der Waals surface area contributed by atoms with Crippen molar-refractivity contribution in [3.8, 4) is 28.5 Å². The molecule has 0 spiro atoms. The quantitative estimate of drug-likeness (QED) is 0.625. The number of ether oxygens (including phenoxy) is 3. The Bertz CT molecular complexity index is 1200. The van der Waals surface area contributed by atoms with Crippen molar-refractivity contribution in [1.82, 2.24) is 14.9 Å². The van der Waals surface area contributed by atoms with Crippen molar-refractivity contribution >= 4 is 5.91 Å². The van der Waals surface area contributed by atoms with Crippen LogP contribution >= 0.6 is 0 Å². The van der Waals surface area contributed by atoms with Gasteiger partial charge in [0, 0.05) is 42.1 Å². The van der Waals surface area contributed by atoms with Crippen molar-refractivity contribution in [1.29, 1.82) is 0 Å². The van der Waals surface area contributed by atoms with Crippen LogP contribution in [-0.4, -0.2) is 41.2 Å². The van der Waals surface area contributed by atoms with E-state index < -0.39 is 0 Å². The zero-order chi connectivity index (χ0) is 21.7. The highest BCUT2D eigenvalue weighted by atomic mass is 16.7. The SMILES string of the molecule is COc1ccc(-c2nc(C3CC3)nc3c2CN(C(=O)c2ccc4c(c2)OCO4)CC3)cc1. The molecule has 0 atom stereocenters. The lowest BCUT2D eigenvalue weighted by Crippen LogP contribution is -2.37. The first-order valence-corrected chi connectivity index (χ1v) is 10.9. The van der Waals surface area contributed by atoms with Crippen molar-refractivity contribution < 1.29 is 19.0 Å². The van der Waals surface area contributed by atoms with Gasteiger partial charge in [0.05, 0.1) is 18.5 Å². The number of benzene rings is 2. The standard InChI is InChI=1S/C25H23N3O4/c1-30-18-7-4-15(5-8-18)23-19-13-28(11-10-20(19)26-24(27-23)16-2-3-16)25(29)17-6-9-21-22(12-17)32-14-31-21/h4-9,12,16H,2-3,10-11,13-14H2,1H3. The van der Waals surface area contributed by atoms with Gasteiger partial charge in [-0.25, -0.2) is 9.97 Å². The summed E-state index contributed by atoms with van der Waals surface area (Å²) in [5.74, 6) is 3.47. The van der Waals surface area contributed by atoms with E-state index in [-0.39, 0.29) is 12.7 Å². The van der Waals surface area contributed by atoms with Crippen molar-refractivity contribution in [3.63, 3.8) is 0 Å². The molecule has 0 bridgehead atoms. The second-order valence-electron chi connectivity index (χ2n) is 8.40. The summed E-state index contributed by atoms with van der Waals surface area (Å²) in [4.78, 5) is 25.0. The molecule has 2 aliphatic heterocycles. The molecule has 32 heavy (non-hydrogen) atoms. The van der Waals surface area contributed by atoms with Crippen LogP contribution in [0.4, 0.5) is 0 Å². The Balaban J connectivity index is 1.35. The van der Waals surface area contributed by atoms with Gasteiger partial charge in [-0.2, -0.15) is 0 Å². The van der Waals surface area contributed by atoms with Crippen molar-refractivity contribution in [3.05, 3.63) is 65.1 Å². The van der Waals surface area contributed by atoms with Gasteiger partial charge in [-0.3, -0.25) is 4.79 Å². The van der Waals surface area contributed by atoms with E-state index in [9.17, 15) is 4.79 Å². The highest BCUT2D eigenvalue weighted by Gasteiger charge is 2.32. The first kappa shape index (κ1) is 19.1. The Morgan fingerprint density at radius 3 is 2.66 bits per heavy atom. The average molecular weight is 429 g/mol. The predicted octanol–water partition coefficient (Wildman–Crippen LogP) is 3.96. The smallest absolute Gasteiger partial charge is 0.254 e. The normalized spacial score (nSPS) is 16.6. The van der Waals surface area contributed by atoms with E-state index >= 15 is 0 Å². The number of rotatable bonds is 4. The largest absolute Gasteiger partial charge is 0.497 e. The molecule has 1 aliphatic carbocycles. The summed E-state index contributed by atoms with van der Waals surface area (Å²) in [5, 5.41) is 0. The molecule has 0 saturated heterocycles. The Kier molecular flexibility index (Phi) is 4.48. The van der Waals surface area contributed by atoms with Gasteiger partial charge in [0.15, 0.2) is 11.5 Å². The van der Waals surface area contributed by atoms with E-state index in [1.807, 2.05) is 29.2 Å². The third-order valence-corrected chi connectivity index (χ3v) is 6.29. The van der Waals surface area contributed by atoms with E-state index in [0.29, 0.717) is 36.1 Å². The van der Waals surface area contributed by atoms with E-state index in [4.69, 9.17) is 24.2 Å². The number of aromatic nitrogens is 2. The monoisotopic (exact) mass is 429 g/mol. The topological polar surface area (TPSA) is 73.8 Å². The Hall–Kier alpha value is -3.61. The molecule has 1 aromatic heterocycles. The maximum Gasteiger partial charge on any atom is 0.254 e. The fraction of sp³-hybridized carbons (Fsp3) is 0.320. The molecule has 162 valence electrons. The summed E-state index contributed by atoms with van der Waals surface area (Å²) in [6, 6.07) is 13.3. The Labute approximate surface area is 186 Å². The molecule has 6 rings (SSSR count). The molecule has 3 heterocycles. The second-order valence-corrected chi connectivity index (χ2v) is 8.40. The molecule has 1 amide bonds. The van der Waals surface area contributed by atoms with Crippen LogP contribution in [0.1, 0.15) is 46.2 Å². The summed E-state index contributed by atoms with van der Waals surface area (Å²) in [6.07, 6.45) is 3.02. The van der Waals surface area contributed by atoms with Crippen LogP contribution < -0.4 is 14.2 Å². The minimum Gasteiger partial charge on any atom is -0.497 e. The zero-order valence-corrected chi connectivity index (χ0v) is 17.8. The molecule has 2 aromatic carbocycles. The molecule has 7 heteroatoms. The molecule has 3 aliphatic rings. The molecule has 1 saturated carbocycles. The van der Waals surface area contributed by atoms with Crippen LogP contribution in [0.25, 0.3) is 11.3 Å². The molecule has 1 fully saturated rings. The molecule has 3 aromatic rings. The highest BCUT2D eigenvalue weighted by Crippen LogP contribution is 2.40. The van der Waals surface area contributed by atoms with Gasteiger partial charge in [0.2, 0.25) is 6.79 Å². The van der Waals surface area contributed by atoms with E-state index in [0.717, 1.165) is 53.4 Å². The van der Waals surface area contributed by atoms with E-state index in [2.05, 4.69) is 0 Å². The Morgan fingerprint density at radius 2 is 1.88 bits per heavy atom. The lowest BCUT2D eigenvalue weighted by atomic mass is 9.98. The molecule has 0 N–H and O–H groups in total. The maximum atomic E-state index is 13.3. The number of hydrogen-bond acceptors (Lipinski definition) is 6. The fourth-order valence-electron chi connectivity index (χ4n) is 4.33. The number of nitrogens with zero attached hydrogens (tertiary/aromatic N) is 3. The van der Waals surface area contributed by atoms with Gasteiger partial charge < -0.3 is 19.1 Å². The van der Waals surface area contributed by atoms with E-state index in [1.54, 1.807) is 25.3 Å². The number of carbonyl (C=O) groups excluding carboxylic acids is 1. The van der Waals surface area contributed by atoms with Gasteiger partial charge in [-0.15, -0.1) is 0 Å². The minimum atomic E-state index is -0.0269. The first-order valence-electron chi connectivity index (χ1n) is 10.9. The van der Waals surface area contributed by atoms with Gasteiger partial charge in [0.1, 0.15) is 11.6 Å². The summed E-state index contributed by atoms with van der Waals surface area (Å²) in [5.41, 5.74) is 4.62. The fourth-order valence-corrected chi connectivity index (χ4v) is 4.33. The van der Waals surface area contributed by atoms with Gasteiger partial charge in [-0.1, -0.05) is 0 Å². The first-order chi connectivity index (χ1) is 15.7. The predicted molar refractivity (Wildman–Crippen MR) is 117 cm³/mol. The molecule has 0 radical (unpaired) electrons. The van der Waals surface area contributed by atoms with Crippen LogP contribution in [0, 0.1) is 0 Å². The zero-order valence-electron chi connectivity index (χ0n) is 17.8. The molecule has 0 unspecified atom stereocenters. The third-order valence-electron chi connectivity index (χ3n) is 6.29. The van der Waals surface area contributed by atoms with Crippen molar-refractivity contribution in [2.45, 2.75) is 31.7 Å². The van der Waals surface area contributed by atoms with Crippen LogP contribution in [0.15, 0.2) is 42.5 Å². The van der Waals surface area contributed by atoms with Crippen LogP contribution in [0.5, 0.6) is 17.2 Å². The number of amides is 1. The summed E-state index contributed by atoms with van der Waals surface area (Å²) in [6.45, 7) is 1.30. The number of fused-ring (bicyclic) bond motifs is 2. The van der Waals surface area contributed by atoms with Gasteiger partial charge in [0.25, 0.3) is 5.91 Å². The third kappa shape index (κ3) is 3.34. The lowest BCUT2D eigenvalue weighted by molar-refractivity contribution is 0.0733. The van der Waals surface area contributed by atoms with Crippen LogP contribution in [0.2, 0.25) is 0 Å². The van der Waals surface area contributed by atoms with Gasteiger partial charge >= 0.3 is 0 Å².